The maximum absolute atomic E-state index is 13.7. The van der Waals surface area contributed by atoms with Crippen LogP contribution in [0.2, 0.25) is 0 Å². The van der Waals surface area contributed by atoms with E-state index in [2.05, 4.69) is 30.5 Å². The first kappa shape index (κ1) is 28.8. The SMILES string of the molecule is CNc1nccc(-c2cccnc2Oc2cccc(C(=O)Nc3cc(OC[C@@H]4CCCN4C)cc(C(F)(F)F)c3)c2)n1. The van der Waals surface area contributed by atoms with Gasteiger partial charge in [0, 0.05) is 42.8 Å². The number of rotatable bonds is 9. The highest BCUT2D eigenvalue weighted by molar-refractivity contribution is 6.04. The number of nitrogens with one attached hydrogen (secondary N) is 2. The average molecular weight is 579 g/mol. The lowest BCUT2D eigenvalue weighted by molar-refractivity contribution is -0.137. The predicted molar refractivity (Wildman–Crippen MR) is 152 cm³/mol. The number of benzene rings is 2. The van der Waals surface area contributed by atoms with E-state index in [1.807, 2.05) is 7.05 Å². The fraction of sp³-hybridized carbons (Fsp3) is 0.267. The smallest absolute Gasteiger partial charge is 0.416 e. The highest BCUT2D eigenvalue weighted by atomic mass is 19.4. The molecule has 4 aromatic rings. The van der Waals surface area contributed by atoms with Crippen LogP contribution in [0.3, 0.4) is 0 Å². The number of nitrogens with zero attached hydrogens (tertiary/aromatic N) is 4. The van der Waals surface area contributed by atoms with Crippen molar-refractivity contribution in [2.75, 3.05) is 37.9 Å². The van der Waals surface area contributed by atoms with Crippen LogP contribution in [-0.2, 0) is 6.18 Å². The van der Waals surface area contributed by atoms with Gasteiger partial charge >= 0.3 is 6.18 Å². The Morgan fingerprint density at radius 1 is 1.05 bits per heavy atom. The molecule has 0 aliphatic carbocycles. The van der Waals surface area contributed by atoms with Crippen LogP contribution in [0.5, 0.6) is 17.4 Å². The van der Waals surface area contributed by atoms with Crippen LogP contribution >= 0.6 is 0 Å². The van der Waals surface area contributed by atoms with E-state index < -0.39 is 17.6 Å². The molecule has 5 rings (SSSR count). The van der Waals surface area contributed by atoms with E-state index in [0.29, 0.717) is 23.0 Å². The van der Waals surface area contributed by atoms with Gasteiger partial charge in [0.1, 0.15) is 18.1 Å². The topological polar surface area (TPSA) is 102 Å². The molecule has 0 unspecified atom stereocenters. The number of amides is 1. The molecule has 9 nitrogen and oxygen atoms in total. The van der Waals surface area contributed by atoms with Crippen LogP contribution in [-0.4, -0.2) is 59.0 Å². The molecule has 2 N–H and O–H groups in total. The Hall–Kier alpha value is -4.71. The molecule has 2 aromatic carbocycles. The quantitative estimate of drug-likeness (QED) is 0.245. The summed E-state index contributed by atoms with van der Waals surface area (Å²) in [6.07, 6.45) is 0.472. The third-order valence-electron chi connectivity index (χ3n) is 6.84. The maximum Gasteiger partial charge on any atom is 0.416 e. The van der Waals surface area contributed by atoms with Crippen LogP contribution in [0.25, 0.3) is 11.3 Å². The predicted octanol–water partition coefficient (Wildman–Crippen LogP) is 6.12. The van der Waals surface area contributed by atoms with E-state index in [1.54, 1.807) is 49.8 Å². The number of pyridine rings is 1. The van der Waals surface area contributed by atoms with E-state index in [-0.39, 0.29) is 35.5 Å². The molecule has 12 heteroatoms. The van der Waals surface area contributed by atoms with E-state index in [0.717, 1.165) is 31.5 Å². The van der Waals surface area contributed by atoms with Gasteiger partial charge in [0.15, 0.2) is 0 Å². The van der Waals surface area contributed by atoms with Gasteiger partial charge < -0.3 is 25.0 Å². The molecule has 1 aliphatic rings. The number of carbonyl (C=O) groups is 1. The summed E-state index contributed by atoms with van der Waals surface area (Å²) >= 11 is 0. The van der Waals surface area contributed by atoms with Gasteiger partial charge in [0.05, 0.1) is 16.8 Å². The Bertz CT molecular complexity index is 1570. The van der Waals surface area contributed by atoms with Gasteiger partial charge in [-0.05, 0) is 75.0 Å². The fourth-order valence-corrected chi connectivity index (χ4v) is 4.61. The lowest BCUT2D eigenvalue weighted by atomic mass is 10.1. The molecule has 0 saturated carbocycles. The van der Waals surface area contributed by atoms with Crippen LogP contribution in [0, 0.1) is 0 Å². The number of hydrogen-bond donors (Lipinski definition) is 2. The number of likely N-dealkylation sites (tertiary alicyclic amines) is 1. The molecule has 1 amide bonds. The van der Waals surface area contributed by atoms with Crippen molar-refractivity contribution < 1.29 is 27.4 Å². The molecular formula is C30H29F3N6O3. The zero-order valence-electron chi connectivity index (χ0n) is 23.0. The Labute approximate surface area is 240 Å². The second kappa shape index (κ2) is 12.4. The number of likely N-dealkylation sites (N-methyl/N-ethyl adjacent to an activating group) is 1. The summed E-state index contributed by atoms with van der Waals surface area (Å²) in [6.45, 7) is 1.17. The normalized spacial score (nSPS) is 15.3. The molecule has 42 heavy (non-hydrogen) atoms. The monoisotopic (exact) mass is 578 g/mol. The summed E-state index contributed by atoms with van der Waals surface area (Å²) in [4.78, 5) is 28.1. The number of alkyl halides is 3. The Kier molecular flexibility index (Phi) is 8.53. The van der Waals surface area contributed by atoms with Crippen molar-refractivity contribution in [1.82, 2.24) is 19.9 Å². The number of aromatic nitrogens is 3. The van der Waals surface area contributed by atoms with E-state index in [4.69, 9.17) is 9.47 Å². The van der Waals surface area contributed by atoms with Gasteiger partial charge in [-0.15, -0.1) is 0 Å². The summed E-state index contributed by atoms with van der Waals surface area (Å²) in [6, 6.07) is 14.9. The lowest BCUT2D eigenvalue weighted by Gasteiger charge is -2.20. The highest BCUT2D eigenvalue weighted by Crippen LogP contribution is 2.35. The van der Waals surface area contributed by atoms with Crippen molar-refractivity contribution in [1.29, 1.82) is 0 Å². The van der Waals surface area contributed by atoms with Gasteiger partial charge in [-0.3, -0.25) is 4.79 Å². The van der Waals surface area contributed by atoms with E-state index >= 15 is 0 Å². The van der Waals surface area contributed by atoms with Crippen molar-refractivity contribution >= 4 is 17.5 Å². The largest absolute Gasteiger partial charge is 0.492 e. The number of halogens is 3. The molecule has 3 heterocycles. The first-order valence-corrected chi connectivity index (χ1v) is 13.3. The molecule has 0 bridgehead atoms. The van der Waals surface area contributed by atoms with Crippen molar-refractivity contribution in [3.05, 3.63) is 84.2 Å². The third-order valence-corrected chi connectivity index (χ3v) is 6.84. The van der Waals surface area contributed by atoms with Gasteiger partial charge in [-0.25, -0.2) is 15.0 Å². The third kappa shape index (κ3) is 6.95. The van der Waals surface area contributed by atoms with Gasteiger partial charge in [-0.1, -0.05) is 6.07 Å². The maximum atomic E-state index is 13.7. The molecular weight excluding hydrogens is 549 g/mol. The van der Waals surface area contributed by atoms with Gasteiger partial charge in [0.25, 0.3) is 5.91 Å². The molecule has 2 aromatic heterocycles. The Morgan fingerprint density at radius 3 is 2.67 bits per heavy atom. The molecule has 1 aliphatic heterocycles. The lowest BCUT2D eigenvalue weighted by Crippen LogP contribution is -2.30. The van der Waals surface area contributed by atoms with Crippen molar-refractivity contribution in [2.45, 2.75) is 25.1 Å². The Morgan fingerprint density at radius 2 is 1.90 bits per heavy atom. The summed E-state index contributed by atoms with van der Waals surface area (Å²) in [5, 5.41) is 5.45. The minimum atomic E-state index is -4.62. The number of ether oxygens (including phenoxy) is 2. The van der Waals surface area contributed by atoms with Gasteiger partial charge in [-0.2, -0.15) is 13.2 Å². The molecule has 1 fully saturated rings. The summed E-state index contributed by atoms with van der Waals surface area (Å²) in [5.41, 5.74) is 0.407. The number of carbonyl (C=O) groups excluding carboxylic acids is 1. The standard InChI is InChI=1S/C30H29F3N6O3/c1-34-29-36-12-10-26(38-29)25-9-4-11-35-28(25)42-23-8-3-6-19(14-23)27(40)37-21-15-20(30(31,32)33)16-24(17-21)41-18-22-7-5-13-39(22)2/h3-4,6,8-12,14-17,22H,5,7,13,18H2,1-2H3,(H,37,40)(H,34,36,38)/t22-/m0/s1. The molecule has 1 atom stereocenters. The van der Waals surface area contributed by atoms with Crippen molar-refractivity contribution in [3.63, 3.8) is 0 Å². The molecule has 0 radical (unpaired) electrons. The minimum absolute atomic E-state index is 0.0337. The number of anilines is 2. The summed E-state index contributed by atoms with van der Waals surface area (Å²) in [5.74, 6) is 0.404. The second-order valence-electron chi connectivity index (χ2n) is 9.79. The van der Waals surface area contributed by atoms with Crippen molar-refractivity contribution in [3.8, 4) is 28.6 Å². The highest BCUT2D eigenvalue weighted by Gasteiger charge is 2.32. The molecule has 0 spiro atoms. The van der Waals surface area contributed by atoms with Crippen LogP contribution in [0.15, 0.2) is 73.1 Å². The van der Waals surface area contributed by atoms with Crippen LogP contribution in [0.4, 0.5) is 24.8 Å². The van der Waals surface area contributed by atoms with E-state index in [1.165, 1.54) is 18.2 Å². The minimum Gasteiger partial charge on any atom is -0.492 e. The van der Waals surface area contributed by atoms with Crippen LogP contribution < -0.4 is 20.1 Å². The summed E-state index contributed by atoms with van der Waals surface area (Å²) < 4.78 is 52.7. The summed E-state index contributed by atoms with van der Waals surface area (Å²) in [7, 11) is 3.67. The average Bonchev–Trinajstić information content (AvgIpc) is 3.40. The van der Waals surface area contributed by atoms with Gasteiger partial charge in [0.2, 0.25) is 11.8 Å². The van der Waals surface area contributed by atoms with Crippen molar-refractivity contribution in [2.24, 2.45) is 0 Å². The first-order valence-electron chi connectivity index (χ1n) is 13.3. The zero-order chi connectivity index (χ0) is 29.7. The fourth-order valence-electron chi connectivity index (χ4n) is 4.61. The molecule has 218 valence electrons. The second-order valence-corrected chi connectivity index (χ2v) is 9.79. The van der Waals surface area contributed by atoms with Crippen LogP contribution in [0.1, 0.15) is 28.8 Å². The van der Waals surface area contributed by atoms with E-state index in [9.17, 15) is 18.0 Å². The Balaban J connectivity index is 1.34. The number of hydrogen-bond acceptors (Lipinski definition) is 8. The molecule has 1 saturated heterocycles. The first-order chi connectivity index (χ1) is 20.2. The zero-order valence-corrected chi connectivity index (χ0v) is 23.0.